The molecule has 1 aromatic rings. The molecule has 1 radical (unpaired) electrons. The first-order valence-electron chi connectivity index (χ1n) is 3.69. The van der Waals surface area contributed by atoms with E-state index in [0.29, 0.717) is 5.75 Å². The molecule has 0 heterocycles. The maximum atomic E-state index is 10.7. The number of carbonyl (C=O) groups is 1. The topological polar surface area (TPSA) is 55.4 Å². The zero-order valence-electron chi connectivity index (χ0n) is 7.15. The highest BCUT2D eigenvalue weighted by atomic mass is 16.6. The minimum absolute atomic E-state index is 0.0922. The van der Waals surface area contributed by atoms with E-state index in [-0.39, 0.29) is 12.4 Å². The number of methoxy groups -OCH3 is 1. The Bertz CT molecular complexity index is 278. The summed E-state index contributed by atoms with van der Waals surface area (Å²) in [4.78, 5) is 10.6. The monoisotopic (exact) mass is 181 g/mol. The number of esters is 1. The highest BCUT2D eigenvalue weighted by Gasteiger charge is 2.01. The molecule has 0 saturated heterocycles. The van der Waals surface area contributed by atoms with E-state index in [1.54, 1.807) is 0 Å². The Kier molecular flexibility index (Phi) is 3.14. The van der Waals surface area contributed by atoms with Crippen molar-refractivity contribution < 1.29 is 19.4 Å². The molecule has 13 heavy (non-hydrogen) atoms. The third kappa shape index (κ3) is 3.02. The van der Waals surface area contributed by atoms with Gasteiger partial charge in [-0.15, -0.1) is 0 Å². The van der Waals surface area contributed by atoms with Crippen molar-refractivity contribution >= 4 is 5.97 Å². The average molecular weight is 181 g/mol. The standard InChI is InChI=1S/C9H9O4/c1-12-9(11)6-13-8-4-2-7(10)3-5-8/h2-5H,6H2,1H3. The van der Waals surface area contributed by atoms with Crippen LogP contribution in [-0.4, -0.2) is 19.7 Å². The number of benzene rings is 1. The van der Waals surface area contributed by atoms with Gasteiger partial charge < -0.3 is 9.47 Å². The summed E-state index contributed by atoms with van der Waals surface area (Å²) in [7, 11) is 1.28. The smallest absolute Gasteiger partial charge is 0.343 e. The molecule has 0 aromatic heterocycles. The van der Waals surface area contributed by atoms with E-state index in [2.05, 4.69) is 4.74 Å². The number of carbonyl (C=O) groups excluding carboxylic acids is 1. The van der Waals surface area contributed by atoms with Gasteiger partial charge in [-0.25, -0.2) is 4.79 Å². The predicted molar refractivity (Wildman–Crippen MR) is 44.1 cm³/mol. The SMILES string of the molecule is COC(=O)COc1ccc([O])cc1. The lowest BCUT2D eigenvalue weighted by atomic mass is 10.3. The van der Waals surface area contributed by atoms with Crippen LogP contribution in [-0.2, 0) is 14.6 Å². The summed E-state index contributed by atoms with van der Waals surface area (Å²) < 4.78 is 9.37. The van der Waals surface area contributed by atoms with Crippen molar-refractivity contribution in [2.75, 3.05) is 13.7 Å². The van der Waals surface area contributed by atoms with E-state index >= 15 is 0 Å². The predicted octanol–water partition coefficient (Wildman–Crippen LogP) is 1.38. The molecule has 0 aliphatic heterocycles. The minimum Gasteiger partial charge on any atom is -0.482 e. The van der Waals surface area contributed by atoms with Crippen LogP contribution in [0.25, 0.3) is 0 Å². The molecular formula is C9H9O4. The van der Waals surface area contributed by atoms with Crippen LogP contribution < -0.4 is 4.74 Å². The van der Waals surface area contributed by atoms with Crippen LogP contribution >= 0.6 is 0 Å². The largest absolute Gasteiger partial charge is 0.482 e. The third-order valence-corrected chi connectivity index (χ3v) is 1.41. The second-order valence-electron chi connectivity index (χ2n) is 2.34. The fraction of sp³-hybridized carbons (Fsp3) is 0.222. The van der Waals surface area contributed by atoms with Gasteiger partial charge in [-0.2, -0.15) is 0 Å². The molecule has 0 atom stereocenters. The van der Waals surface area contributed by atoms with Gasteiger partial charge >= 0.3 is 5.97 Å². The van der Waals surface area contributed by atoms with Crippen LogP contribution in [0.3, 0.4) is 0 Å². The summed E-state index contributed by atoms with van der Waals surface area (Å²) in [6.07, 6.45) is 0. The minimum atomic E-state index is -0.453. The number of hydrogen-bond acceptors (Lipinski definition) is 3. The molecule has 4 nitrogen and oxygen atoms in total. The van der Waals surface area contributed by atoms with Gasteiger partial charge in [0.15, 0.2) is 12.4 Å². The lowest BCUT2D eigenvalue weighted by Gasteiger charge is -2.03. The van der Waals surface area contributed by atoms with Crippen molar-refractivity contribution in [1.29, 1.82) is 0 Å². The Morgan fingerprint density at radius 1 is 1.31 bits per heavy atom. The Morgan fingerprint density at radius 3 is 2.46 bits per heavy atom. The maximum absolute atomic E-state index is 10.7. The van der Waals surface area contributed by atoms with E-state index in [9.17, 15) is 9.90 Å². The van der Waals surface area contributed by atoms with Gasteiger partial charge in [0.05, 0.1) is 7.11 Å². The molecule has 0 unspecified atom stereocenters. The van der Waals surface area contributed by atoms with Crippen molar-refractivity contribution in [2.45, 2.75) is 0 Å². The first-order valence-corrected chi connectivity index (χ1v) is 3.69. The second kappa shape index (κ2) is 4.35. The first-order chi connectivity index (χ1) is 6.22. The van der Waals surface area contributed by atoms with Gasteiger partial charge in [0.1, 0.15) is 5.75 Å². The summed E-state index contributed by atoms with van der Waals surface area (Å²) in [5, 5.41) is 10.7. The van der Waals surface area contributed by atoms with E-state index in [0.717, 1.165) is 0 Å². The van der Waals surface area contributed by atoms with Gasteiger partial charge in [0.25, 0.3) is 0 Å². The van der Waals surface area contributed by atoms with Gasteiger partial charge in [-0.05, 0) is 24.3 Å². The molecular weight excluding hydrogens is 172 g/mol. The average Bonchev–Trinajstić information content (AvgIpc) is 2.16. The van der Waals surface area contributed by atoms with Crippen LogP contribution in [0.2, 0.25) is 0 Å². The van der Waals surface area contributed by atoms with Crippen LogP contribution in [0.5, 0.6) is 11.5 Å². The van der Waals surface area contributed by atoms with Crippen molar-refractivity contribution in [2.24, 2.45) is 0 Å². The summed E-state index contributed by atoms with van der Waals surface area (Å²) in [5.74, 6) is -0.0679. The van der Waals surface area contributed by atoms with E-state index < -0.39 is 5.97 Å². The van der Waals surface area contributed by atoms with Crippen molar-refractivity contribution in [1.82, 2.24) is 0 Å². The van der Waals surface area contributed by atoms with E-state index in [4.69, 9.17) is 4.74 Å². The zero-order valence-corrected chi connectivity index (χ0v) is 7.15. The normalized spacial score (nSPS) is 9.31. The first kappa shape index (κ1) is 9.38. The fourth-order valence-corrected chi connectivity index (χ4v) is 0.737. The molecule has 69 valence electrons. The quantitative estimate of drug-likeness (QED) is 0.662. The molecule has 0 saturated carbocycles. The number of hydrogen-bond donors (Lipinski definition) is 0. The van der Waals surface area contributed by atoms with Gasteiger partial charge in [0.2, 0.25) is 0 Å². The van der Waals surface area contributed by atoms with Crippen LogP contribution in [0.15, 0.2) is 24.3 Å². The lowest BCUT2D eigenvalue weighted by molar-refractivity contribution is -0.142. The molecule has 0 N–H and O–H groups in total. The molecule has 0 amide bonds. The fourth-order valence-electron chi connectivity index (χ4n) is 0.737. The van der Waals surface area contributed by atoms with Gasteiger partial charge in [-0.3, -0.25) is 5.11 Å². The number of ether oxygens (including phenoxy) is 2. The molecule has 1 aromatic carbocycles. The summed E-state index contributed by atoms with van der Waals surface area (Å²) in [6.45, 7) is -0.144. The van der Waals surface area contributed by atoms with Crippen LogP contribution in [0.1, 0.15) is 0 Å². The highest BCUT2D eigenvalue weighted by Crippen LogP contribution is 2.16. The van der Waals surface area contributed by atoms with Gasteiger partial charge in [-0.1, -0.05) is 0 Å². The molecule has 0 aliphatic carbocycles. The lowest BCUT2D eigenvalue weighted by Crippen LogP contribution is -2.12. The van der Waals surface area contributed by atoms with Crippen molar-refractivity contribution in [3.05, 3.63) is 24.3 Å². The molecule has 4 heteroatoms. The highest BCUT2D eigenvalue weighted by molar-refractivity contribution is 5.70. The van der Waals surface area contributed by atoms with Crippen LogP contribution in [0.4, 0.5) is 0 Å². The Hall–Kier alpha value is -1.71. The third-order valence-electron chi connectivity index (χ3n) is 1.41. The van der Waals surface area contributed by atoms with Crippen LogP contribution in [0, 0.1) is 0 Å². The van der Waals surface area contributed by atoms with Crippen molar-refractivity contribution in [3.63, 3.8) is 0 Å². The number of rotatable bonds is 3. The molecule has 0 spiro atoms. The maximum Gasteiger partial charge on any atom is 0.343 e. The summed E-state index contributed by atoms with van der Waals surface area (Å²) in [5.41, 5.74) is 0. The summed E-state index contributed by atoms with van der Waals surface area (Å²) >= 11 is 0. The second-order valence-corrected chi connectivity index (χ2v) is 2.34. The Morgan fingerprint density at radius 2 is 1.92 bits per heavy atom. The molecule has 0 bridgehead atoms. The molecule has 0 aliphatic rings. The summed E-state index contributed by atoms with van der Waals surface area (Å²) in [6, 6.07) is 5.75. The van der Waals surface area contributed by atoms with E-state index in [1.165, 1.54) is 31.4 Å². The molecule has 1 rings (SSSR count). The van der Waals surface area contributed by atoms with Crippen molar-refractivity contribution in [3.8, 4) is 11.5 Å². The Labute approximate surface area is 75.7 Å². The Balaban J connectivity index is 2.46. The van der Waals surface area contributed by atoms with E-state index in [1.807, 2.05) is 0 Å². The zero-order chi connectivity index (χ0) is 9.68. The molecule has 0 fully saturated rings. The van der Waals surface area contributed by atoms with Gasteiger partial charge in [0, 0.05) is 0 Å².